The van der Waals surface area contributed by atoms with Crippen molar-refractivity contribution in [1.29, 1.82) is 0 Å². The molecule has 0 saturated heterocycles. The fourth-order valence-corrected chi connectivity index (χ4v) is 6.57. The van der Waals surface area contributed by atoms with Gasteiger partial charge in [-0.15, -0.1) is 0 Å². The topological polar surface area (TPSA) is 136 Å². The molecule has 2 amide bonds. The number of fused-ring (bicyclic) bond motifs is 1. The third kappa shape index (κ3) is 6.27. The molecular weight excluding hydrogens is 558 g/mol. The van der Waals surface area contributed by atoms with Gasteiger partial charge in [-0.3, -0.25) is 10.1 Å². The number of aromatic nitrogens is 1. The van der Waals surface area contributed by atoms with E-state index in [9.17, 15) is 23.1 Å². The van der Waals surface area contributed by atoms with Gasteiger partial charge in [0.15, 0.2) is 0 Å². The molecule has 5 rings (SSSR count). The van der Waals surface area contributed by atoms with E-state index in [2.05, 4.69) is 10.0 Å². The summed E-state index contributed by atoms with van der Waals surface area (Å²) in [7, 11) is -0.634. The van der Waals surface area contributed by atoms with Crippen LogP contribution in [0.15, 0.2) is 71.8 Å². The highest BCUT2D eigenvalue weighted by Gasteiger charge is 2.26. The second-order valence-corrected chi connectivity index (χ2v) is 12.2. The number of methoxy groups -OCH3 is 1. The minimum atomic E-state index is -4.05. The number of anilines is 1. The lowest BCUT2D eigenvalue weighted by Gasteiger charge is -2.13. The van der Waals surface area contributed by atoms with Gasteiger partial charge in [0, 0.05) is 48.2 Å². The molecule has 1 fully saturated rings. The number of sulfonamides is 1. The summed E-state index contributed by atoms with van der Waals surface area (Å²) >= 11 is 0. The summed E-state index contributed by atoms with van der Waals surface area (Å²) in [6, 6.07) is 16.8. The van der Waals surface area contributed by atoms with E-state index < -0.39 is 28.1 Å². The van der Waals surface area contributed by atoms with Gasteiger partial charge in [-0.2, -0.15) is 0 Å². The van der Waals surface area contributed by atoms with E-state index in [1.807, 2.05) is 29.9 Å². The summed E-state index contributed by atoms with van der Waals surface area (Å²) in [5.41, 5.74) is 3.96. The van der Waals surface area contributed by atoms with Crippen LogP contribution in [0.3, 0.4) is 0 Å². The molecule has 1 aliphatic rings. The molecule has 0 radical (unpaired) electrons. The van der Waals surface area contributed by atoms with Crippen molar-refractivity contribution in [2.24, 2.45) is 7.05 Å². The Morgan fingerprint density at radius 3 is 2.55 bits per heavy atom. The van der Waals surface area contributed by atoms with Crippen LogP contribution in [0, 0.1) is 6.92 Å². The van der Waals surface area contributed by atoms with Crippen LogP contribution < -0.4 is 14.8 Å². The van der Waals surface area contributed by atoms with Gasteiger partial charge in [0.05, 0.1) is 18.1 Å². The number of aryl methyl sites for hydroxylation is 2. The summed E-state index contributed by atoms with van der Waals surface area (Å²) in [6.07, 6.45) is 2.86. The van der Waals surface area contributed by atoms with Gasteiger partial charge in [-0.1, -0.05) is 24.3 Å². The number of hydrogen-bond donors (Lipinski definition) is 3. The number of amides is 2. The molecular formula is C31H33N3O7S. The molecule has 0 spiro atoms. The van der Waals surface area contributed by atoms with Crippen molar-refractivity contribution in [1.82, 2.24) is 9.29 Å². The Hall–Kier alpha value is -4.35. The normalized spacial score (nSPS) is 16.8. The fourth-order valence-electron chi connectivity index (χ4n) is 5.35. The number of nitrogens with one attached hydrogen (secondary N) is 2. The number of carbonyl (C=O) groups is 2. The van der Waals surface area contributed by atoms with Crippen LogP contribution in [0.4, 0.5) is 10.5 Å². The molecule has 1 saturated carbocycles. The van der Waals surface area contributed by atoms with Crippen LogP contribution in [0.1, 0.15) is 46.3 Å². The molecule has 0 bridgehead atoms. The molecule has 2 atom stereocenters. The van der Waals surface area contributed by atoms with E-state index >= 15 is 0 Å². The first-order valence-electron chi connectivity index (χ1n) is 13.6. The highest BCUT2D eigenvalue weighted by molar-refractivity contribution is 7.90. The first-order valence-corrected chi connectivity index (χ1v) is 15.1. The minimum absolute atomic E-state index is 0.0392. The number of rotatable bonds is 8. The van der Waals surface area contributed by atoms with Crippen LogP contribution >= 0.6 is 0 Å². The lowest BCUT2D eigenvalue weighted by Crippen LogP contribution is -2.31. The monoisotopic (exact) mass is 591 g/mol. The number of aliphatic hydroxyl groups excluding tert-OH is 1. The summed E-state index contributed by atoms with van der Waals surface area (Å²) in [6.45, 7) is 1.66. The molecule has 3 aromatic carbocycles. The highest BCUT2D eigenvalue weighted by atomic mass is 32.2. The Morgan fingerprint density at radius 2 is 1.83 bits per heavy atom. The van der Waals surface area contributed by atoms with Crippen LogP contribution in [-0.4, -0.2) is 49.4 Å². The standard InChI is InChI=1S/C31H33N3O7S/c1-19-6-4-5-7-29(19)42(38,39)33-30(36)21-9-8-20(28(15-21)40-3)14-22-18-34(2)27-13-10-23(16-26(22)27)32-31(37)41-25-12-11-24(35)17-25/h4-10,13,15-16,18,24-25,35H,11-12,14,17H2,1-3H3,(H,32,37)(H,33,36). The number of benzene rings is 3. The van der Waals surface area contributed by atoms with E-state index in [1.165, 1.54) is 19.2 Å². The van der Waals surface area contributed by atoms with E-state index in [0.717, 1.165) is 22.0 Å². The molecule has 0 aliphatic heterocycles. The molecule has 2 unspecified atom stereocenters. The number of hydrogen-bond acceptors (Lipinski definition) is 7. The zero-order valence-electron chi connectivity index (χ0n) is 23.6. The third-order valence-corrected chi connectivity index (χ3v) is 8.98. The van der Waals surface area contributed by atoms with Crippen molar-refractivity contribution >= 4 is 38.6 Å². The predicted molar refractivity (Wildman–Crippen MR) is 158 cm³/mol. The first kappa shape index (κ1) is 29.2. The van der Waals surface area contributed by atoms with Gasteiger partial charge in [-0.05, 0) is 72.9 Å². The maximum absolute atomic E-state index is 12.9. The maximum Gasteiger partial charge on any atom is 0.411 e. The zero-order chi connectivity index (χ0) is 30.0. The zero-order valence-corrected chi connectivity index (χ0v) is 24.4. The van der Waals surface area contributed by atoms with Gasteiger partial charge in [0.2, 0.25) is 0 Å². The average molecular weight is 592 g/mol. The van der Waals surface area contributed by atoms with E-state index in [0.29, 0.717) is 42.7 Å². The number of aliphatic hydroxyl groups is 1. The molecule has 220 valence electrons. The second kappa shape index (κ2) is 11.9. The summed E-state index contributed by atoms with van der Waals surface area (Å²) in [5.74, 6) is -0.326. The Morgan fingerprint density at radius 1 is 1.05 bits per heavy atom. The first-order chi connectivity index (χ1) is 20.0. The fraction of sp³-hybridized carbons (Fsp3) is 0.290. The number of ether oxygens (including phenoxy) is 2. The second-order valence-electron chi connectivity index (χ2n) is 10.5. The SMILES string of the molecule is COc1cc(C(=O)NS(=O)(=O)c2ccccc2C)ccc1Cc1cn(C)c2ccc(NC(=O)OC3CCC(O)C3)cc12. The van der Waals surface area contributed by atoms with Crippen LogP contribution in [0.25, 0.3) is 10.9 Å². The Balaban J connectivity index is 1.34. The van der Waals surface area contributed by atoms with Crippen LogP contribution in [0.2, 0.25) is 0 Å². The molecule has 1 aromatic heterocycles. The molecule has 3 N–H and O–H groups in total. The van der Waals surface area contributed by atoms with Gasteiger partial charge in [0.1, 0.15) is 11.9 Å². The van der Waals surface area contributed by atoms with Gasteiger partial charge >= 0.3 is 6.09 Å². The van der Waals surface area contributed by atoms with Crippen LogP contribution in [-0.2, 0) is 28.2 Å². The molecule has 4 aromatic rings. The molecule has 1 heterocycles. The third-order valence-electron chi connectivity index (χ3n) is 7.49. The van der Waals surface area contributed by atoms with Crippen molar-refractivity contribution in [2.45, 2.75) is 49.7 Å². The van der Waals surface area contributed by atoms with Crippen molar-refractivity contribution in [3.63, 3.8) is 0 Å². The van der Waals surface area contributed by atoms with Gasteiger partial charge in [0.25, 0.3) is 15.9 Å². The maximum atomic E-state index is 12.9. The summed E-state index contributed by atoms with van der Waals surface area (Å²) < 4.78 is 40.8. The van der Waals surface area contributed by atoms with Crippen molar-refractivity contribution in [3.05, 3.63) is 89.1 Å². The van der Waals surface area contributed by atoms with Crippen molar-refractivity contribution in [2.75, 3.05) is 12.4 Å². The minimum Gasteiger partial charge on any atom is -0.496 e. The Bertz CT molecular complexity index is 1760. The quantitative estimate of drug-likeness (QED) is 0.271. The average Bonchev–Trinajstić information content (AvgIpc) is 3.49. The van der Waals surface area contributed by atoms with Crippen molar-refractivity contribution in [3.8, 4) is 5.75 Å². The smallest absolute Gasteiger partial charge is 0.411 e. The number of carbonyl (C=O) groups excluding carboxylic acids is 2. The van der Waals surface area contributed by atoms with Crippen LogP contribution in [0.5, 0.6) is 5.75 Å². The highest BCUT2D eigenvalue weighted by Crippen LogP contribution is 2.30. The largest absolute Gasteiger partial charge is 0.496 e. The van der Waals surface area contributed by atoms with E-state index in [-0.39, 0.29) is 16.6 Å². The lowest BCUT2D eigenvalue weighted by atomic mass is 10.0. The molecule has 10 nitrogen and oxygen atoms in total. The Kier molecular flexibility index (Phi) is 8.24. The molecule has 1 aliphatic carbocycles. The lowest BCUT2D eigenvalue weighted by molar-refractivity contribution is 0.0976. The van der Waals surface area contributed by atoms with Gasteiger partial charge in [-0.25, -0.2) is 17.9 Å². The van der Waals surface area contributed by atoms with Gasteiger partial charge < -0.3 is 19.1 Å². The summed E-state index contributed by atoms with van der Waals surface area (Å²) in [5, 5.41) is 13.4. The van der Waals surface area contributed by atoms with E-state index in [4.69, 9.17) is 9.47 Å². The Labute approximate surface area is 244 Å². The van der Waals surface area contributed by atoms with E-state index in [1.54, 1.807) is 43.3 Å². The number of nitrogens with zero attached hydrogens (tertiary/aromatic N) is 1. The van der Waals surface area contributed by atoms with Crippen molar-refractivity contribution < 1.29 is 32.6 Å². The molecule has 42 heavy (non-hydrogen) atoms. The molecule has 11 heteroatoms. The predicted octanol–water partition coefficient (Wildman–Crippen LogP) is 4.67. The summed E-state index contributed by atoms with van der Waals surface area (Å²) in [4.78, 5) is 25.4.